The molecule has 0 aliphatic heterocycles. The van der Waals surface area contributed by atoms with Crippen LogP contribution in [0.4, 0.5) is 0 Å². The maximum atomic E-state index is 6.02. The number of nitrogens with one attached hydrogen (secondary N) is 1. The van der Waals surface area contributed by atoms with Gasteiger partial charge in [-0.3, -0.25) is 4.99 Å². The molecule has 0 aliphatic rings. The van der Waals surface area contributed by atoms with Gasteiger partial charge in [-0.2, -0.15) is 4.98 Å². The molecule has 0 saturated heterocycles. The molecule has 1 N–H and O–H groups in total. The first-order valence-corrected chi connectivity index (χ1v) is 9.10. The summed E-state index contributed by atoms with van der Waals surface area (Å²) in [5.41, 5.74) is 1.87. The second-order valence-electron chi connectivity index (χ2n) is 6.09. The van der Waals surface area contributed by atoms with Gasteiger partial charge in [-0.15, -0.1) is 24.0 Å². The summed E-state index contributed by atoms with van der Waals surface area (Å²) in [5, 5.41) is 7.87. The van der Waals surface area contributed by atoms with E-state index in [4.69, 9.17) is 20.9 Å². The van der Waals surface area contributed by atoms with E-state index in [0.717, 1.165) is 16.9 Å². The van der Waals surface area contributed by atoms with Gasteiger partial charge in [0.2, 0.25) is 11.7 Å². The van der Waals surface area contributed by atoms with Crippen LogP contribution in [0.15, 0.2) is 58.0 Å². The number of nitrogens with zero attached hydrogens (tertiary/aromatic N) is 4. The maximum absolute atomic E-state index is 6.02. The van der Waals surface area contributed by atoms with Gasteiger partial charge in [0, 0.05) is 36.8 Å². The molecule has 3 aromatic rings. The van der Waals surface area contributed by atoms with Crippen LogP contribution in [0.5, 0.6) is 5.75 Å². The molecule has 0 saturated carbocycles. The van der Waals surface area contributed by atoms with Crippen molar-refractivity contribution in [3.63, 3.8) is 0 Å². The number of ether oxygens (including phenoxy) is 1. The highest BCUT2D eigenvalue weighted by molar-refractivity contribution is 14.0. The largest absolute Gasteiger partial charge is 0.496 e. The maximum Gasteiger partial charge on any atom is 0.246 e. The fourth-order valence-electron chi connectivity index (χ4n) is 2.77. The second-order valence-corrected chi connectivity index (χ2v) is 6.53. The molecule has 29 heavy (non-hydrogen) atoms. The van der Waals surface area contributed by atoms with E-state index in [-0.39, 0.29) is 24.0 Å². The fraction of sp³-hybridized carbons (Fsp3) is 0.250. The van der Waals surface area contributed by atoms with Gasteiger partial charge in [-0.1, -0.05) is 47.1 Å². The van der Waals surface area contributed by atoms with Crippen LogP contribution in [0.25, 0.3) is 11.4 Å². The number of aromatic nitrogens is 2. The zero-order valence-corrected chi connectivity index (χ0v) is 19.5. The van der Waals surface area contributed by atoms with Crippen molar-refractivity contribution < 1.29 is 9.26 Å². The SMILES string of the molecule is CN=C(NCc1nc(-c2cccc(Cl)c2)no1)N(C)Cc1ccccc1OC.I. The molecule has 2 aromatic carbocycles. The van der Waals surface area contributed by atoms with Crippen molar-refractivity contribution >= 4 is 41.5 Å². The standard InChI is InChI=1S/C20H22ClN5O2.HI/c1-22-20(26(2)13-15-7-4-5-10-17(15)27-3)23-12-18-24-19(25-28-18)14-8-6-9-16(21)11-14;/h4-11H,12-13H2,1-3H3,(H,22,23);1H. The molecule has 9 heteroatoms. The first kappa shape index (κ1) is 23.0. The number of guanidine groups is 1. The molecule has 0 unspecified atom stereocenters. The highest BCUT2D eigenvalue weighted by Gasteiger charge is 2.13. The zero-order chi connectivity index (χ0) is 19.9. The predicted octanol–water partition coefficient (Wildman–Crippen LogP) is 4.22. The first-order chi connectivity index (χ1) is 13.6. The Balaban J connectivity index is 0.00000300. The minimum absolute atomic E-state index is 0. The van der Waals surface area contributed by atoms with E-state index < -0.39 is 0 Å². The third-order valence-electron chi connectivity index (χ3n) is 4.12. The van der Waals surface area contributed by atoms with Crippen LogP contribution < -0.4 is 10.1 Å². The van der Waals surface area contributed by atoms with E-state index in [1.165, 1.54) is 0 Å². The van der Waals surface area contributed by atoms with Crippen molar-refractivity contribution in [2.45, 2.75) is 13.1 Å². The average Bonchev–Trinajstić information content (AvgIpc) is 3.18. The number of hydrogen-bond donors (Lipinski definition) is 1. The molecule has 0 spiro atoms. The van der Waals surface area contributed by atoms with Crippen LogP contribution >= 0.6 is 35.6 Å². The quantitative estimate of drug-likeness (QED) is 0.294. The number of para-hydroxylation sites is 1. The topological polar surface area (TPSA) is 75.8 Å². The van der Waals surface area contributed by atoms with E-state index in [9.17, 15) is 0 Å². The van der Waals surface area contributed by atoms with Crippen molar-refractivity contribution in [3.05, 3.63) is 65.0 Å². The predicted molar refractivity (Wildman–Crippen MR) is 125 cm³/mol. The van der Waals surface area contributed by atoms with Crippen LogP contribution in [-0.4, -0.2) is 42.2 Å². The lowest BCUT2D eigenvalue weighted by atomic mass is 10.2. The van der Waals surface area contributed by atoms with Crippen molar-refractivity contribution in [1.29, 1.82) is 0 Å². The van der Waals surface area contributed by atoms with Crippen LogP contribution in [0.1, 0.15) is 11.5 Å². The summed E-state index contributed by atoms with van der Waals surface area (Å²) in [4.78, 5) is 10.7. The molecule has 1 heterocycles. The summed E-state index contributed by atoms with van der Waals surface area (Å²) in [6.45, 7) is 0.998. The van der Waals surface area contributed by atoms with Crippen molar-refractivity contribution in [2.24, 2.45) is 4.99 Å². The summed E-state index contributed by atoms with van der Waals surface area (Å²) in [6.07, 6.45) is 0. The Morgan fingerprint density at radius 3 is 2.76 bits per heavy atom. The molecule has 1 aromatic heterocycles. The smallest absolute Gasteiger partial charge is 0.246 e. The molecule has 0 aliphatic carbocycles. The third kappa shape index (κ3) is 6.07. The van der Waals surface area contributed by atoms with E-state index in [0.29, 0.717) is 35.8 Å². The Morgan fingerprint density at radius 1 is 1.24 bits per heavy atom. The van der Waals surface area contributed by atoms with Gasteiger partial charge in [0.15, 0.2) is 5.96 Å². The summed E-state index contributed by atoms with van der Waals surface area (Å²) in [7, 11) is 5.35. The average molecular weight is 528 g/mol. The first-order valence-electron chi connectivity index (χ1n) is 8.73. The molecule has 0 fully saturated rings. The Morgan fingerprint density at radius 2 is 2.03 bits per heavy atom. The highest BCUT2D eigenvalue weighted by Crippen LogP contribution is 2.20. The lowest BCUT2D eigenvalue weighted by Crippen LogP contribution is -2.38. The van der Waals surface area contributed by atoms with Crippen LogP contribution in [0.2, 0.25) is 5.02 Å². The molecule has 7 nitrogen and oxygen atoms in total. The van der Waals surface area contributed by atoms with Crippen LogP contribution in [0.3, 0.4) is 0 Å². The third-order valence-corrected chi connectivity index (χ3v) is 4.36. The number of hydrogen-bond acceptors (Lipinski definition) is 5. The molecule has 0 radical (unpaired) electrons. The zero-order valence-electron chi connectivity index (χ0n) is 16.4. The van der Waals surface area contributed by atoms with E-state index in [2.05, 4.69) is 20.4 Å². The highest BCUT2D eigenvalue weighted by atomic mass is 127. The minimum Gasteiger partial charge on any atom is -0.496 e. The second kappa shape index (κ2) is 11.0. The normalized spacial score (nSPS) is 11.0. The summed E-state index contributed by atoms with van der Waals surface area (Å²) in [5.74, 6) is 2.50. The lowest BCUT2D eigenvalue weighted by Gasteiger charge is -2.22. The molecule has 0 atom stereocenters. The lowest BCUT2D eigenvalue weighted by molar-refractivity contribution is 0.370. The van der Waals surface area contributed by atoms with E-state index >= 15 is 0 Å². The summed E-state index contributed by atoms with van der Waals surface area (Å²) in [6, 6.07) is 15.2. The van der Waals surface area contributed by atoms with E-state index in [1.807, 2.05) is 48.3 Å². The molecule has 3 rings (SSSR count). The van der Waals surface area contributed by atoms with Gasteiger partial charge in [0.1, 0.15) is 5.75 Å². The van der Waals surface area contributed by atoms with Gasteiger partial charge in [0.05, 0.1) is 13.7 Å². The Bertz CT molecular complexity index is 963. The Kier molecular flexibility index (Phi) is 8.71. The Labute approximate surface area is 192 Å². The number of methoxy groups -OCH3 is 1. The number of benzene rings is 2. The fourth-order valence-corrected chi connectivity index (χ4v) is 2.97. The van der Waals surface area contributed by atoms with Crippen molar-refractivity contribution in [1.82, 2.24) is 20.4 Å². The van der Waals surface area contributed by atoms with Gasteiger partial charge in [0.25, 0.3) is 0 Å². The summed E-state index contributed by atoms with van der Waals surface area (Å²) >= 11 is 6.02. The van der Waals surface area contributed by atoms with Gasteiger partial charge in [-0.05, 0) is 18.2 Å². The molecule has 154 valence electrons. The van der Waals surface area contributed by atoms with Gasteiger partial charge in [-0.25, -0.2) is 0 Å². The van der Waals surface area contributed by atoms with Gasteiger partial charge >= 0.3 is 0 Å². The monoisotopic (exact) mass is 527 g/mol. The number of rotatable bonds is 6. The summed E-state index contributed by atoms with van der Waals surface area (Å²) < 4.78 is 10.7. The van der Waals surface area contributed by atoms with Crippen LogP contribution in [0, 0.1) is 0 Å². The number of halogens is 2. The molecule has 0 bridgehead atoms. The molecule has 0 amide bonds. The molecular weight excluding hydrogens is 505 g/mol. The Hall–Kier alpha value is -2.33. The number of aliphatic imine (C=N–C) groups is 1. The van der Waals surface area contributed by atoms with Crippen LogP contribution in [-0.2, 0) is 13.1 Å². The van der Waals surface area contributed by atoms with E-state index in [1.54, 1.807) is 26.3 Å². The van der Waals surface area contributed by atoms with Gasteiger partial charge < -0.3 is 19.5 Å². The minimum atomic E-state index is 0. The van der Waals surface area contributed by atoms with Crippen molar-refractivity contribution in [3.8, 4) is 17.1 Å². The molecular formula is C20H23ClIN5O2. The van der Waals surface area contributed by atoms with Crippen molar-refractivity contribution in [2.75, 3.05) is 21.2 Å².